The van der Waals surface area contributed by atoms with Gasteiger partial charge in [-0.2, -0.15) is 5.10 Å². The maximum atomic E-state index is 13.7. The molecule has 0 unspecified atom stereocenters. The lowest BCUT2D eigenvalue weighted by molar-refractivity contribution is 0.0953. The second-order valence-corrected chi connectivity index (χ2v) is 6.58. The molecular weight excluding hydrogens is 381 g/mol. The second kappa shape index (κ2) is 8.63. The van der Waals surface area contributed by atoms with E-state index in [4.69, 9.17) is 11.6 Å². The zero-order valence-corrected chi connectivity index (χ0v) is 15.8. The molecule has 1 aromatic heterocycles. The molecule has 0 saturated heterocycles. The standard InChI is InChI=1S/C21H17ClFN3O2/c1-14-7-9-15(10-8-14)13-26-11-3-4-16(21(26)28)20(27)25-24-12-17-18(22)5-2-6-19(17)23/h2-12H,13H2,1H3,(H,25,27)/b24-12-. The molecular formula is C21H17ClFN3O2. The van der Waals surface area contributed by atoms with Crippen LogP contribution in [-0.4, -0.2) is 16.7 Å². The van der Waals surface area contributed by atoms with E-state index in [2.05, 4.69) is 10.5 Å². The van der Waals surface area contributed by atoms with Gasteiger partial charge in [0.15, 0.2) is 0 Å². The smallest absolute Gasteiger partial charge is 0.276 e. The van der Waals surface area contributed by atoms with E-state index in [0.717, 1.165) is 17.3 Å². The number of pyridine rings is 1. The lowest BCUT2D eigenvalue weighted by Crippen LogP contribution is -2.30. The maximum Gasteiger partial charge on any atom is 0.276 e. The van der Waals surface area contributed by atoms with Gasteiger partial charge in [0, 0.05) is 11.8 Å². The zero-order chi connectivity index (χ0) is 20.1. The highest BCUT2D eigenvalue weighted by Crippen LogP contribution is 2.16. The van der Waals surface area contributed by atoms with E-state index in [-0.39, 0.29) is 16.1 Å². The molecule has 0 radical (unpaired) electrons. The van der Waals surface area contributed by atoms with Crippen LogP contribution < -0.4 is 11.0 Å². The molecule has 1 amide bonds. The molecule has 2 aromatic carbocycles. The molecule has 3 rings (SSSR count). The molecule has 0 aliphatic carbocycles. The summed E-state index contributed by atoms with van der Waals surface area (Å²) in [5, 5.41) is 3.87. The van der Waals surface area contributed by atoms with Crippen molar-refractivity contribution in [2.45, 2.75) is 13.5 Å². The third-order valence-corrected chi connectivity index (χ3v) is 4.43. The van der Waals surface area contributed by atoms with E-state index in [1.807, 2.05) is 31.2 Å². The molecule has 0 atom stereocenters. The van der Waals surface area contributed by atoms with Crippen LogP contribution in [0.15, 0.2) is 70.7 Å². The molecule has 0 aliphatic heterocycles. The summed E-state index contributed by atoms with van der Waals surface area (Å²) in [5.74, 6) is -1.25. The number of aryl methyl sites for hydroxylation is 1. The van der Waals surface area contributed by atoms with Crippen LogP contribution in [0.25, 0.3) is 0 Å². The number of aromatic nitrogens is 1. The SMILES string of the molecule is Cc1ccc(Cn2cccc(C(=O)N/N=C\c3c(F)cccc3Cl)c2=O)cc1. The minimum Gasteiger partial charge on any atom is -0.310 e. The first-order valence-electron chi connectivity index (χ1n) is 8.48. The molecule has 142 valence electrons. The fraction of sp³-hybridized carbons (Fsp3) is 0.0952. The first-order valence-corrected chi connectivity index (χ1v) is 8.86. The second-order valence-electron chi connectivity index (χ2n) is 6.17. The summed E-state index contributed by atoms with van der Waals surface area (Å²) in [6, 6.07) is 15.0. The van der Waals surface area contributed by atoms with Crippen molar-refractivity contribution < 1.29 is 9.18 Å². The Morgan fingerprint density at radius 2 is 1.93 bits per heavy atom. The highest BCUT2D eigenvalue weighted by Gasteiger charge is 2.12. The Morgan fingerprint density at radius 1 is 1.18 bits per heavy atom. The van der Waals surface area contributed by atoms with Crippen LogP contribution in [-0.2, 0) is 6.54 Å². The van der Waals surface area contributed by atoms with E-state index in [1.165, 1.54) is 28.8 Å². The number of halogens is 2. The van der Waals surface area contributed by atoms with E-state index in [1.54, 1.807) is 12.3 Å². The molecule has 0 spiro atoms. The quantitative estimate of drug-likeness (QED) is 0.526. The number of rotatable bonds is 5. The topological polar surface area (TPSA) is 63.5 Å². The van der Waals surface area contributed by atoms with Crippen LogP contribution in [0.3, 0.4) is 0 Å². The van der Waals surface area contributed by atoms with E-state index in [0.29, 0.717) is 6.54 Å². The average Bonchev–Trinajstić information content (AvgIpc) is 2.67. The normalized spacial score (nSPS) is 11.0. The van der Waals surface area contributed by atoms with Gasteiger partial charge < -0.3 is 4.57 Å². The summed E-state index contributed by atoms with van der Waals surface area (Å²) >= 11 is 5.90. The number of hydrogen-bond acceptors (Lipinski definition) is 3. The Balaban J connectivity index is 1.76. The summed E-state index contributed by atoms with van der Waals surface area (Å²) in [5.41, 5.74) is 3.84. The Kier molecular flexibility index (Phi) is 6.01. The molecule has 3 aromatic rings. The number of hydrazone groups is 1. The van der Waals surface area contributed by atoms with Gasteiger partial charge in [0.1, 0.15) is 11.4 Å². The van der Waals surface area contributed by atoms with Gasteiger partial charge in [-0.25, -0.2) is 9.82 Å². The van der Waals surface area contributed by atoms with Crippen molar-refractivity contribution in [2.24, 2.45) is 5.10 Å². The van der Waals surface area contributed by atoms with Crippen molar-refractivity contribution in [1.82, 2.24) is 9.99 Å². The maximum absolute atomic E-state index is 13.7. The zero-order valence-electron chi connectivity index (χ0n) is 15.0. The first-order chi connectivity index (χ1) is 13.5. The number of hydrogen-bond donors (Lipinski definition) is 1. The summed E-state index contributed by atoms with van der Waals surface area (Å²) < 4.78 is 15.1. The number of nitrogens with zero attached hydrogens (tertiary/aromatic N) is 2. The Hall–Kier alpha value is -3.25. The molecule has 7 heteroatoms. The van der Waals surface area contributed by atoms with Crippen molar-refractivity contribution >= 4 is 23.7 Å². The molecule has 0 fully saturated rings. The molecule has 0 bridgehead atoms. The predicted octanol–water partition coefficient (Wildman–Crippen LogP) is 3.76. The first kappa shape index (κ1) is 19.5. The van der Waals surface area contributed by atoms with Gasteiger partial charge in [-0.05, 0) is 36.8 Å². The predicted molar refractivity (Wildman–Crippen MR) is 107 cm³/mol. The molecule has 5 nitrogen and oxygen atoms in total. The van der Waals surface area contributed by atoms with Gasteiger partial charge in [-0.3, -0.25) is 9.59 Å². The van der Waals surface area contributed by atoms with Gasteiger partial charge in [0.25, 0.3) is 11.5 Å². The monoisotopic (exact) mass is 397 g/mol. The summed E-state index contributed by atoms with van der Waals surface area (Å²) in [7, 11) is 0. The summed E-state index contributed by atoms with van der Waals surface area (Å²) in [4.78, 5) is 24.9. The molecule has 0 saturated carbocycles. The number of benzene rings is 2. The van der Waals surface area contributed by atoms with Gasteiger partial charge in [-0.15, -0.1) is 0 Å². The van der Waals surface area contributed by atoms with Crippen molar-refractivity contribution in [3.63, 3.8) is 0 Å². The minimum atomic E-state index is -0.688. The summed E-state index contributed by atoms with van der Waals surface area (Å²) in [6.45, 7) is 2.32. The van der Waals surface area contributed by atoms with Crippen molar-refractivity contribution in [3.8, 4) is 0 Å². The lowest BCUT2D eigenvalue weighted by Gasteiger charge is -2.08. The molecule has 0 aliphatic rings. The number of carbonyl (C=O) groups excluding carboxylic acids is 1. The van der Waals surface area contributed by atoms with Crippen molar-refractivity contribution in [2.75, 3.05) is 0 Å². The highest BCUT2D eigenvalue weighted by molar-refractivity contribution is 6.33. The van der Waals surface area contributed by atoms with Gasteiger partial charge in [0.2, 0.25) is 0 Å². The Bertz CT molecular complexity index is 1070. The summed E-state index contributed by atoms with van der Waals surface area (Å²) in [6.07, 6.45) is 2.71. The van der Waals surface area contributed by atoms with Gasteiger partial charge >= 0.3 is 0 Å². The van der Waals surface area contributed by atoms with Gasteiger partial charge in [0.05, 0.1) is 17.8 Å². The van der Waals surface area contributed by atoms with Gasteiger partial charge in [-0.1, -0.05) is 47.5 Å². The number of nitrogens with one attached hydrogen (secondary N) is 1. The fourth-order valence-electron chi connectivity index (χ4n) is 2.57. The highest BCUT2D eigenvalue weighted by atomic mass is 35.5. The van der Waals surface area contributed by atoms with Crippen LogP contribution in [0.5, 0.6) is 0 Å². The van der Waals surface area contributed by atoms with E-state index < -0.39 is 17.3 Å². The lowest BCUT2D eigenvalue weighted by atomic mass is 10.1. The third kappa shape index (κ3) is 4.53. The van der Waals surface area contributed by atoms with E-state index in [9.17, 15) is 14.0 Å². The van der Waals surface area contributed by atoms with Crippen LogP contribution in [0.1, 0.15) is 27.0 Å². The molecule has 1 N–H and O–H groups in total. The minimum absolute atomic E-state index is 0.0503. The Labute approximate surface area is 166 Å². The molecule has 1 heterocycles. The molecule has 28 heavy (non-hydrogen) atoms. The van der Waals surface area contributed by atoms with Crippen LogP contribution >= 0.6 is 11.6 Å². The van der Waals surface area contributed by atoms with E-state index >= 15 is 0 Å². The average molecular weight is 398 g/mol. The Morgan fingerprint density at radius 3 is 2.64 bits per heavy atom. The van der Waals surface area contributed by atoms with Crippen molar-refractivity contribution in [1.29, 1.82) is 0 Å². The number of carbonyl (C=O) groups is 1. The van der Waals surface area contributed by atoms with Crippen LogP contribution in [0, 0.1) is 12.7 Å². The van der Waals surface area contributed by atoms with Crippen LogP contribution in [0.4, 0.5) is 4.39 Å². The van der Waals surface area contributed by atoms with Crippen LogP contribution in [0.2, 0.25) is 5.02 Å². The van der Waals surface area contributed by atoms with Crippen molar-refractivity contribution in [3.05, 3.63) is 104 Å². The fourth-order valence-corrected chi connectivity index (χ4v) is 2.79. The third-order valence-electron chi connectivity index (χ3n) is 4.10. The number of amides is 1. The largest absolute Gasteiger partial charge is 0.310 e.